The first-order valence-corrected chi connectivity index (χ1v) is 7.08. The number of amides is 2. The lowest BCUT2D eigenvalue weighted by atomic mass is 10.1. The van der Waals surface area contributed by atoms with Crippen LogP contribution < -0.4 is 0 Å². The van der Waals surface area contributed by atoms with Crippen LogP contribution in [-0.4, -0.2) is 63.3 Å². The van der Waals surface area contributed by atoms with Gasteiger partial charge < -0.3 is 20.0 Å². The summed E-state index contributed by atoms with van der Waals surface area (Å²) < 4.78 is 0. The van der Waals surface area contributed by atoms with E-state index in [4.69, 9.17) is 5.11 Å². The zero-order valence-electron chi connectivity index (χ0n) is 13.2. The second-order valence-corrected chi connectivity index (χ2v) is 5.89. The van der Waals surface area contributed by atoms with Gasteiger partial charge in [-0.1, -0.05) is 0 Å². The van der Waals surface area contributed by atoms with Crippen LogP contribution >= 0.6 is 0 Å². The quantitative estimate of drug-likeness (QED) is 0.713. The predicted molar refractivity (Wildman–Crippen MR) is 77.7 cm³/mol. The van der Waals surface area contributed by atoms with Crippen molar-refractivity contribution in [2.75, 3.05) is 19.6 Å². The van der Waals surface area contributed by atoms with Gasteiger partial charge in [-0.3, -0.25) is 4.79 Å². The summed E-state index contributed by atoms with van der Waals surface area (Å²) in [7, 11) is 0. The molecular weight excluding hydrogens is 260 g/mol. The summed E-state index contributed by atoms with van der Waals surface area (Å²) in [6.07, 6.45) is 0.480. The lowest BCUT2D eigenvalue weighted by molar-refractivity contribution is -0.137. The summed E-state index contributed by atoms with van der Waals surface area (Å²) >= 11 is 0. The number of likely N-dealkylation sites (N-methyl/N-ethyl adjacent to an activating group) is 1. The van der Waals surface area contributed by atoms with Gasteiger partial charge in [-0.05, 0) is 41.0 Å². The molecule has 0 aromatic carbocycles. The third-order valence-electron chi connectivity index (χ3n) is 2.89. The molecule has 20 heavy (non-hydrogen) atoms. The Labute approximate surface area is 121 Å². The number of hydrogen-bond acceptors (Lipinski definition) is 3. The van der Waals surface area contributed by atoms with E-state index >= 15 is 0 Å². The van der Waals surface area contributed by atoms with Gasteiger partial charge in [0.25, 0.3) is 0 Å². The fourth-order valence-corrected chi connectivity index (χ4v) is 1.94. The first-order valence-electron chi connectivity index (χ1n) is 7.08. The van der Waals surface area contributed by atoms with Crippen molar-refractivity contribution in [1.29, 1.82) is 0 Å². The van der Waals surface area contributed by atoms with E-state index in [9.17, 15) is 14.7 Å². The van der Waals surface area contributed by atoms with Gasteiger partial charge >= 0.3 is 12.0 Å². The van der Waals surface area contributed by atoms with E-state index in [1.54, 1.807) is 23.6 Å². The molecule has 0 heterocycles. The molecule has 0 saturated heterocycles. The molecule has 2 N–H and O–H groups in total. The summed E-state index contributed by atoms with van der Waals surface area (Å²) in [4.78, 5) is 26.2. The number of urea groups is 1. The number of carboxylic acid groups (broad SMARTS) is 1. The predicted octanol–water partition coefficient (Wildman–Crippen LogP) is 1.77. The number of aliphatic carboxylic acids is 1. The molecule has 0 spiro atoms. The Morgan fingerprint density at radius 1 is 1.25 bits per heavy atom. The maximum atomic E-state index is 12.5. The average molecular weight is 288 g/mol. The van der Waals surface area contributed by atoms with Crippen LogP contribution in [0.4, 0.5) is 4.79 Å². The topological polar surface area (TPSA) is 81.1 Å². The van der Waals surface area contributed by atoms with Crippen molar-refractivity contribution in [3.63, 3.8) is 0 Å². The lowest BCUT2D eigenvalue weighted by Gasteiger charge is -2.35. The zero-order valence-corrected chi connectivity index (χ0v) is 13.2. The number of carbonyl (C=O) groups excluding carboxylic acids is 1. The van der Waals surface area contributed by atoms with Crippen LogP contribution in [0.2, 0.25) is 0 Å². The highest BCUT2D eigenvalue weighted by Gasteiger charge is 2.26. The summed E-state index contributed by atoms with van der Waals surface area (Å²) in [6.45, 7) is 10.1. The Morgan fingerprint density at radius 3 is 2.15 bits per heavy atom. The molecule has 0 bridgehead atoms. The van der Waals surface area contributed by atoms with Crippen molar-refractivity contribution in [3.05, 3.63) is 0 Å². The highest BCUT2D eigenvalue weighted by molar-refractivity contribution is 5.75. The minimum absolute atomic E-state index is 0.00727. The van der Waals surface area contributed by atoms with Crippen LogP contribution in [0, 0.1) is 0 Å². The van der Waals surface area contributed by atoms with Crippen LogP contribution in [0.15, 0.2) is 0 Å². The van der Waals surface area contributed by atoms with E-state index in [0.717, 1.165) is 0 Å². The number of carbonyl (C=O) groups is 2. The summed E-state index contributed by atoms with van der Waals surface area (Å²) in [5, 5.41) is 18.5. The smallest absolute Gasteiger partial charge is 0.320 e. The second kappa shape index (κ2) is 8.09. The molecular formula is C14H28N2O4. The summed E-state index contributed by atoms with van der Waals surface area (Å²) in [6, 6.07) is -0.165. The van der Waals surface area contributed by atoms with E-state index < -0.39 is 11.6 Å². The van der Waals surface area contributed by atoms with Gasteiger partial charge in [-0.25, -0.2) is 4.79 Å². The first-order chi connectivity index (χ1) is 9.08. The van der Waals surface area contributed by atoms with Crippen molar-refractivity contribution >= 4 is 12.0 Å². The van der Waals surface area contributed by atoms with E-state index in [2.05, 4.69) is 0 Å². The third-order valence-corrected chi connectivity index (χ3v) is 2.89. The Hall–Kier alpha value is -1.30. The molecule has 0 atom stereocenters. The van der Waals surface area contributed by atoms with Crippen LogP contribution in [0.25, 0.3) is 0 Å². The van der Waals surface area contributed by atoms with Gasteiger partial charge in [-0.2, -0.15) is 0 Å². The van der Waals surface area contributed by atoms with Crippen LogP contribution in [0.3, 0.4) is 0 Å². The molecule has 0 aromatic heterocycles. The molecule has 0 aromatic rings. The van der Waals surface area contributed by atoms with Crippen molar-refractivity contribution in [2.24, 2.45) is 0 Å². The number of aliphatic hydroxyl groups is 1. The molecule has 0 unspecified atom stereocenters. The molecule has 0 aliphatic rings. The molecule has 2 amide bonds. The van der Waals surface area contributed by atoms with Gasteiger partial charge in [0, 0.05) is 25.6 Å². The van der Waals surface area contributed by atoms with Gasteiger partial charge in [0.15, 0.2) is 0 Å². The number of rotatable bonds is 8. The molecule has 0 aliphatic carbocycles. The van der Waals surface area contributed by atoms with Crippen molar-refractivity contribution in [2.45, 2.75) is 59.1 Å². The maximum absolute atomic E-state index is 12.5. The van der Waals surface area contributed by atoms with Crippen LogP contribution in [-0.2, 0) is 4.79 Å². The molecule has 0 rings (SSSR count). The Morgan fingerprint density at radius 2 is 1.80 bits per heavy atom. The fraction of sp³-hybridized carbons (Fsp3) is 0.857. The van der Waals surface area contributed by atoms with Crippen molar-refractivity contribution in [1.82, 2.24) is 9.80 Å². The standard InChI is InChI=1S/C14H28N2O4/c1-6-15(10-14(4,5)20)13(19)16(11(2)3)9-7-8-12(17)18/h11,20H,6-10H2,1-5H3,(H,17,18). The van der Waals surface area contributed by atoms with E-state index in [1.165, 1.54) is 0 Å². The minimum atomic E-state index is -0.949. The van der Waals surface area contributed by atoms with Gasteiger partial charge in [-0.15, -0.1) is 0 Å². The van der Waals surface area contributed by atoms with Gasteiger partial charge in [0.2, 0.25) is 0 Å². The summed E-state index contributed by atoms with van der Waals surface area (Å²) in [5.74, 6) is -0.856. The SMILES string of the molecule is CCN(CC(C)(C)O)C(=O)N(CCCC(=O)O)C(C)C. The second-order valence-electron chi connectivity index (χ2n) is 5.89. The third kappa shape index (κ3) is 7.33. The maximum Gasteiger partial charge on any atom is 0.320 e. The normalized spacial score (nSPS) is 11.6. The Kier molecular flexibility index (Phi) is 7.57. The Bertz CT molecular complexity index is 324. The number of nitrogens with zero attached hydrogens (tertiary/aromatic N) is 2. The van der Waals surface area contributed by atoms with Crippen LogP contribution in [0.1, 0.15) is 47.5 Å². The molecule has 6 nitrogen and oxygen atoms in total. The minimum Gasteiger partial charge on any atom is -0.481 e. The monoisotopic (exact) mass is 288 g/mol. The largest absolute Gasteiger partial charge is 0.481 e. The zero-order chi connectivity index (χ0) is 15.9. The van der Waals surface area contributed by atoms with Gasteiger partial charge in [0.1, 0.15) is 0 Å². The van der Waals surface area contributed by atoms with E-state index in [0.29, 0.717) is 19.5 Å². The molecule has 6 heteroatoms. The van der Waals surface area contributed by atoms with E-state index in [-0.39, 0.29) is 25.0 Å². The van der Waals surface area contributed by atoms with Gasteiger partial charge in [0.05, 0.1) is 12.1 Å². The van der Waals surface area contributed by atoms with Crippen molar-refractivity contribution < 1.29 is 19.8 Å². The first kappa shape index (κ1) is 18.7. The number of carboxylic acids is 1. The number of hydrogen-bond donors (Lipinski definition) is 2. The Balaban J connectivity index is 4.71. The molecule has 0 saturated carbocycles. The van der Waals surface area contributed by atoms with Crippen molar-refractivity contribution in [3.8, 4) is 0 Å². The van der Waals surface area contributed by atoms with E-state index in [1.807, 2.05) is 20.8 Å². The fourth-order valence-electron chi connectivity index (χ4n) is 1.94. The molecule has 0 fully saturated rings. The highest BCUT2D eigenvalue weighted by Crippen LogP contribution is 2.11. The molecule has 118 valence electrons. The summed E-state index contributed by atoms with van der Waals surface area (Å²) in [5.41, 5.74) is -0.949. The molecule has 0 radical (unpaired) electrons. The lowest BCUT2D eigenvalue weighted by Crippen LogP contribution is -2.50. The molecule has 0 aliphatic heterocycles. The van der Waals surface area contributed by atoms with Crippen LogP contribution in [0.5, 0.6) is 0 Å². The highest BCUT2D eigenvalue weighted by atomic mass is 16.4. The average Bonchev–Trinajstić information content (AvgIpc) is 2.28.